The van der Waals surface area contributed by atoms with E-state index in [0.717, 1.165) is 25.9 Å². The van der Waals surface area contributed by atoms with Crippen LogP contribution in [-0.4, -0.2) is 55.5 Å². The highest BCUT2D eigenvalue weighted by Crippen LogP contribution is 2.32. The summed E-state index contributed by atoms with van der Waals surface area (Å²) in [6.45, 7) is 8.44. The third-order valence-electron chi connectivity index (χ3n) is 4.00. The van der Waals surface area contributed by atoms with Crippen molar-refractivity contribution in [1.29, 1.82) is 0 Å². The van der Waals surface area contributed by atoms with Crippen molar-refractivity contribution in [3.8, 4) is 0 Å². The summed E-state index contributed by atoms with van der Waals surface area (Å²) in [5, 5.41) is 3.54. The van der Waals surface area contributed by atoms with Crippen molar-refractivity contribution in [2.24, 2.45) is 0 Å². The van der Waals surface area contributed by atoms with Crippen molar-refractivity contribution >= 4 is 9.84 Å². The van der Waals surface area contributed by atoms with Gasteiger partial charge in [0.2, 0.25) is 0 Å². The number of hydrogen-bond donors (Lipinski definition) is 1. The molecule has 2 unspecified atom stereocenters. The van der Waals surface area contributed by atoms with E-state index >= 15 is 0 Å². The highest BCUT2D eigenvalue weighted by molar-refractivity contribution is 7.91. The SMILES string of the molecule is CC(C)NC1CCN(C2(C)CCS(=O)(=O)C2)C1. The zero-order chi connectivity index (χ0) is 12.7. The van der Waals surface area contributed by atoms with Crippen LogP contribution in [0.25, 0.3) is 0 Å². The molecule has 0 bridgehead atoms. The molecule has 0 radical (unpaired) electrons. The first kappa shape index (κ1) is 13.3. The Morgan fingerprint density at radius 2 is 2.12 bits per heavy atom. The summed E-state index contributed by atoms with van der Waals surface area (Å²) < 4.78 is 23.2. The van der Waals surface area contributed by atoms with Gasteiger partial charge in [-0.3, -0.25) is 4.90 Å². The van der Waals surface area contributed by atoms with E-state index in [4.69, 9.17) is 0 Å². The smallest absolute Gasteiger partial charge is 0.152 e. The van der Waals surface area contributed by atoms with Crippen LogP contribution in [0.2, 0.25) is 0 Å². The lowest BCUT2D eigenvalue weighted by atomic mass is 10.00. The Morgan fingerprint density at radius 3 is 2.65 bits per heavy atom. The molecule has 2 fully saturated rings. The minimum Gasteiger partial charge on any atom is -0.310 e. The van der Waals surface area contributed by atoms with Crippen LogP contribution in [0.3, 0.4) is 0 Å². The maximum absolute atomic E-state index is 11.6. The molecule has 0 aliphatic carbocycles. The highest BCUT2D eigenvalue weighted by atomic mass is 32.2. The summed E-state index contributed by atoms with van der Waals surface area (Å²) in [6.07, 6.45) is 1.93. The third kappa shape index (κ3) is 3.01. The van der Waals surface area contributed by atoms with Gasteiger partial charge in [0.15, 0.2) is 9.84 Å². The van der Waals surface area contributed by atoms with E-state index in [0.29, 0.717) is 23.6 Å². The largest absolute Gasteiger partial charge is 0.310 e. The first-order valence-corrected chi connectivity index (χ1v) is 8.34. The Hall–Kier alpha value is -0.130. The van der Waals surface area contributed by atoms with Crippen LogP contribution in [0.4, 0.5) is 0 Å². The van der Waals surface area contributed by atoms with Crippen molar-refractivity contribution in [3.05, 3.63) is 0 Å². The molecule has 2 heterocycles. The molecule has 0 aromatic heterocycles. The van der Waals surface area contributed by atoms with Gasteiger partial charge in [0.05, 0.1) is 11.5 Å². The molecule has 0 saturated carbocycles. The van der Waals surface area contributed by atoms with Gasteiger partial charge in [-0.1, -0.05) is 13.8 Å². The Kier molecular flexibility index (Phi) is 3.54. The van der Waals surface area contributed by atoms with Crippen molar-refractivity contribution in [1.82, 2.24) is 10.2 Å². The second-order valence-electron chi connectivity index (χ2n) is 6.09. The number of nitrogens with one attached hydrogen (secondary N) is 1. The third-order valence-corrected chi connectivity index (χ3v) is 5.89. The Labute approximate surface area is 105 Å². The van der Waals surface area contributed by atoms with Gasteiger partial charge in [-0.05, 0) is 19.8 Å². The van der Waals surface area contributed by atoms with E-state index < -0.39 is 9.84 Å². The molecule has 2 aliphatic heterocycles. The highest BCUT2D eigenvalue weighted by Gasteiger charge is 2.44. The summed E-state index contributed by atoms with van der Waals surface area (Å²) in [5.74, 6) is 0.705. The number of hydrogen-bond acceptors (Lipinski definition) is 4. The van der Waals surface area contributed by atoms with Crippen molar-refractivity contribution in [2.45, 2.75) is 51.2 Å². The van der Waals surface area contributed by atoms with E-state index in [1.54, 1.807) is 0 Å². The number of sulfone groups is 1. The molecule has 2 saturated heterocycles. The van der Waals surface area contributed by atoms with Crippen LogP contribution in [0.1, 0.15) is 33.6 Å². The molecule has 100 valence electrons. The Bertz CT molecular complexity index is 380. The van der Waals surface area contributed by atoms with E-state index in [2.05, 4.69) is 31.0 Å². The zero-order valence-electron chi connectivity index (χ0n) is 11.1. The predicted molar refractivity (Wildman–Crippen MR) is 69.9 cm³/mol. The average molecular weight is 260 g/mol. The molecule has 0 aromatic rings. The van der Waals surface area contributed by atoms with Crippen molar-refractivity contribution in [3.63, 3.8) is 0 Å². The molecular weight excluding hydrogens is 236 g/mol. The van der Waals surface area contributed by atoms with Gasteiger partial charge in [0.1, 0.15) is 0 Å². The van der Waals surface area contributed by atoms with Gasteiger partial charge in [-0.2, -0.15) is 0 Å². The van der Waals surface area contributed by atoms with Crippen LogP contribution in [-0.2, 0) is 9.84 Å². The first-order valence-electron chi connectivity index (χ1n) is 6.52. The zero-order valence-corrected chi connectivity index (χ0v) is 11.9. The Morgan fingerprint density at radius 1 is 1.41 bits per heavy atom. The number of likely N-dealkylation sites (tertiary alicyclic amines) is 1. The first-order chi connectivity index (χ1) is 7.81. The van der Waals surface area contributed by atoms with Crippen molar-refractivity contribution in [2.75, 3.05) is 24.6 Å². The predicted octanol–water partition coefficient (Wildman–Crippen LogP) is 0.636. The van der Waals surface area contributed by atoms with Crippen LogP contribution in [0.15, 0.2) is 0 Å². The van der Waals surface area contributed by atoms with E-state index in [-0.39, 0.29) is 5.54 Å². The summed E-state index contributed by atoms with van der Waals surface area (Å²) in [7, 11) is -2.79. The normalized spacial score (nSPS) is 38.0. The molecule has 5 heteroatoms. The van der Waals surface area contributed by atoms with Gasteiger partial charge in [-0.15, -0.1) is 0 Å². The lowest BCUT2D eigenvalue weighted by Gasteiger charge is -2.34. The fraction of sp³-hybridized carbons (Fsp3) is 1.00. The summed E-state index contributed by atoms with van der Waals surface area (Å²) in [4.78, 5) is 2.37. The summed E-state index contributed by atoms with van der Waals surface area (Å²) >= 11 is 0. The van der Waals surface area contributed by atoms with Crippen molar-refractivity contribution < 1.29 is 8.42 Å². The fourth-order valence-corrected chi connectivity index (χ4v) is 5.27. The molecular formula is C12H24N2O2S. The standard InChI is InChI=1S/C12H24N2O2S/c1-10(2)13-11-4-6-14(8-11)12(3)5-7-17(15,16)9-12/h10-11,13H,4-9H2,1-3H3. The maximum Gasteiger partial charge on any atom is 0.152 e. The molecule has 17 heavy (non-hydrogen) atoms. The minimum atomic E-state index is -2.79. The molecule has 0 amide bonds. The van der Waals surface area contributed by atoms with Gasteiger partial charge >= 0.3 is 0 Å². The van der Waals surface area contributed by atoms with Gasteiger partial charge < -0.3 is 5.32 Å². The second-order valence-corrected chi connectivity index (χ2v) is 8.28. The Balaban J connectivity index is 1.97. The molecule has 2 atom stereocenters. The van der Waals surface area contributed by atoms with E-state index in [1.807, 2.05) is 0 Å². The summed E-state index contributed by atoms with van der Waals surface area (Å²) in [5.41, 5.74) is -0.119. The van der Waals surface area contributed by atoms with Crippen LogP contribution in [0, 0.1) is 0 Å². The average Bonchev–Trinajstić information content (AvgIpc) is 2.71. The van der Waals surface area contributed by atoms with Crippen LogP contribution in [0.5, 0.6) is 0 Å². The topological polar surface area (TPSA) is 49.4 Å². The molecule has 2 aliphatic rings. The molecule has 2 rings (SSSR count). The van der Waals surface area contributed by atoms with E-state index in [9.17, 15) is 8.42 Å². The lowest BCUT2D eigenvalue weighted by molar-refractivity contribution is 0.157. The van der Waals surface area contributed by atoms with Crippen LogP contribution < -0.4 is 5.32 Å². The van der Waals surface area contributed by atoms with Gasteiger partial charge in [0.25, 0.3) is 0 Å². The number of rotatable bonds is 3. The quantitative estimate of drug-likeness (QED) is 0.809. The fourth-order valence-electron chi connectivity index (χ4n) is 3.10. The second kappa shape index (κ2) is 4.52. The summed E-state index contributed by atoms with van der Waals surface area (Å²) in [6, 6.07) is 1.02. The minimum absolute atomic E-state index is 0.119. The van der Waals surface area contributed by atoms with Gasteiger partial charge in [0, 0.05) is 30.7 Å². The molecule has 0 aromatic carbocycles. The molecule has 1 N–H and O–H groups in total. The maximum atomic E-state index is 11.6. The van der Waals surface area contributed by atoms with Crippen LogP contribution >= 0.6 is 0 Å². The monoisotopic (exact) mass is 260 g/mol. The molecule has 0 spiro atoms. The molecule has 4 nitrogen and oxygen atoms in total. The lowest BCUT2D eigenvalue weighted by Crippen LogP contribution is -2.48. The van der Waals surface area contributed by atoms with Gasteiger partial charge in [-0.25, -0.2) is 8.42 Å². The van der Waals surface area contributed by atoms with E-state index in [1.165, 1.54) is 0 Å². The number of nitrogens with zero attached hydrogens (tertiary/aromatic N) is 1.